The molecule has 0 N–H and O–H groups in total. The van der Waals surface area contributed by atoms with E-state index in [1.807, 2.05) is 4.90 Å². The molecule has 164 valence electrons. The summed E-state index contributed by atoms with van der Waals surface area (Å²) in [5.74, 6) is -0.0218. The van der Waals surface area contributed by atoms with Crippen LogP contribution in [0.2, 0.25) is 0 Å². The third-order valence-corrected chi connectivity index (χ3v) is 7.74. The second-order valence-electron chi connectivity index (χ2n) is 8.91. The maximum absolute atomic E-state index is 13.3. The van der Waals surface area contributed by atoms with Gasteiger partial charge in [0, 0.05) is 32.1 Å². The monoisotopic (exact) mass is 434 g/mol. The van der Waals surface area contributed by atoms with Crippen LogP contribution >= 0.6 is 11.3 Å². The SMILES string of the molecule is COCCN1C(=O)CN(C)C(=O)c2c1sc1c2CCN(C(=O)C2(C)CCN(C)C2)C1. The van der Waals surface area contributed by atoms with E-state index in [-0.39, 0.29) is 29.7 Å². The maximum Gasteiger partial charge on any atom is 0.257 e. The van der Waals surface area contributed by atoms with Crippen molar-refractivity contribution in [1.29, 1.82) is 0 Å². The van der Waals surface area contributed by atoms with Gasteiger partial charge in [-0.05, 0) is 38.9 Å². The van der Waals surface area contributed by atoms with Crippen LogP contribution in [0, 0.1) is 5.41 Å². The predicted molar refractivity (Wildman–Crippen MR) is 115 cm³/mol. The van der Waals surface area contributed by atoms with Gasteiger partial charge in [-0.1, -0.05) is 0 Å². The van der Waals surface area contributed by atoms with E-state index in [4.69, 9.17) is 4.74 Å². The van der Waals surface area contributed by atoms with Gasteiger partial charge < -0.3 is 19.4 Å². The topological polar surface area (TPSA) is 73.4 Å². The van der Waals surface area contributed by atoms with Crippen molar-refractivity contribution in [1.82, 2.24) is 14.7 Å². The minimum atomic E-state index is -0.350. The van der Waals surface area contributed by atoms with Crippen molar-refractivity contribution in [3.05, 3.63) is 16.0 Å². The van der Waals surface area contributed by atoms with Crippen LogP contribution in [0.5, 0.6) is 0 Å². The Labute approximate surface area is 181 Å². The number of methoxy groups -OCH3 is 1. The van der Waals surface area contributed by atoms with Crippen LogP contribution in [0.25, 0.3) is 0 Å². The van der Waals surface area contributed by atoms with Crippen LogP contribution in [0.15, 0.2) is 0 Å². The van der Waals surface area contributed by atoms with E-state index in [0.29, 0.717) is 43.2 Å². The molecule has 0 aliphatic carbocycles. The van der Waals surface area contributed by atoms with Gasteiger partial charge in [0.25, 0.3) is 5.91 Å². The smallest absolute Gasteiger partial charge is 0.257 e. The first-order chi connectivity index (χ1) is 14.2. The highest BCUT2D eigenvalue weighted by molar-refractivity contribution is 7.17. The fourth-order valence-electron chi connectivity index (χ4n) is 4.79. The summed E-state index contributed by atoms with van der Waals surface area (Å²) in [7, 11) is 5.32. The first kappa shape index (κ1) is 21.3. The molecule has 1 aromatic rings. The lowest BCUT2D eigenvalue weighted by Gasteiger charge is -2.34. The van der Waals surface area contributed by atoms with Gasteiger partial charge in [-0.2, -0.15) is 0 Å². The Balaban J connectivity index is 1.65. The number of hydrogen-bond acceptors (Lipinski definition) is 6. The highest BCUT2D eigenvalue weighted by Crippen LogP contribution is 2.42. The van der Waals surface area contributed by atoms with Gasteiger partial charge in [0.05, 0.1) is 30.7 Å². The molecule has 9 heteroatoms. The molecule has 30 heavy (non-hydrogen) atoms. The molecular formula is C21H30N4O4S. The number of amides is 3. The molecule has 0 saturated carbocycles. The van der Waals surface area contributed by atoms with Gasteiger partial charge in [0.15, 0.2) is 0 Å². The van der Waals surface area contributed by atoms with E-state index in [1.54, 1.807) is 19.1 Å². The van der Waals surface area contributed by atoms with E-state index in [2.05, 4.69) is 18.9 Å². The number of carbonyl (C=O) groups is 3. The molecule has 1 fully saturated rings. The molecule has 0 radical (unpaired) electrons. The summed E-state index contributed by atoms with van der Waals surface area (Å²) in [6.07, 6.45) is 1.51. The Morgan fingerprint density at radius 1 is 1.20 bits per heavy atom. The van der Waals surface area contributed by atoms with Crippen molar-refractivity contribution >= 4 is 34.1 Å². The van der Waals surface area contributed by atoms with Crippen molar-refractivity contribution < 1.29 is 19.1 Å². The highest BCUT2D eigenvalue weighted by Gasteiger charge is 2.43. The third kappa shape index (κ3) is 3.52. The Morgan fingerprint density at radius 2 is 1.97 bits per heavy atom. The van der Waals surface area contributed by atoms with Gasteiger partial charge in [-0.15, -0.1) is 11.3 Å². The largest absolute Gasteiger partial charge is 0.383 e. The summed E-state index contributed by atoms with van der Waals surface area (Å²) in [6.45, 7) is 5.77. The maximum atomic E-state index is 13.3. The number of thiophene rings is 1. The Kier molecular flexibility index (Phi) is 5.63. The van der Waals surface area contributed by atoms with E-state index in [9.17, 15) is 14.4 Å². The number of likely N-dealkylation sites (tertiary alicyclic amines) is 1. The molecule has 1 unspecified atom stereocenters. The lowest BCUT2D eigenvalue weighted by atomic mass is 9.87. The molecule has 4 heterocycles. The Hall–Kier alpha value is -1.97. The summed E-state index contributed by atoms with van der Waals surface area (Å²) >= 11 is 1.48. The molecule has 0 aromatic carbocycles. The van der Waals surface area contributed by atoms with E-state index >= 15 is 0 Å². The highest BCUT2D eigenvalue weighted by atomic mass is 32.1. The Morgan fingerprint density at radius 3 is 2.63 bits per heavy atom. The molecule has 0 spiro atoms. The number of fused-ring (bicyclic) bond motifs is 3. The molecule has 0 bridgehead atoms. The van der Waals surface area contributed by atoms with Gasteiger partial charge in [-0.3, -0.25) is 19.3 Å². The lowest BCUT2D eigenvalue weighted by molar-refractivity contribution is -0.141. The quantitative estimate of drug-likeness (QED) is 0.708. The number of nitrogens with zero attached hydrogens (tertiary/aromatic N) is 4. The molecule has 1 aromatic heterocycles. The van der Waals surface area contributed by atoms with Crippen LogP contribution in [-0.4, -0.2) is 93.0 Å². The number of rotatable bonds is 4. The van der Waals surface area contributed by atoms with E-state index in [0.717, 1.165) is 30.0 Å². The van der Waals surface area contributed by atoms with Gasteiger partial charge in [-0.25, -0.2) is 0 Å². The van der Waals surface area contributed by atoms with E-state index < -0.39 is 0 Å². The second kappa shape index (κ2) is 7.94. The van der Waals surface area contributed by atoms with Crippen molar-refractivity contribution in [2.24, 2.45) is 5.41 Å². The van der Waals surface area contributed by atoms with E-state index in [1.165, 1.54) is 16.2 Å². The molecular weight excluding hydrogens is 404 g/mol. The second-order valence-corrected chi connectivity index (χ2v) is 9.99. The lowest BCUT2D eigenvalue weighted by Crippen LogP contribution is -2.45. The number of likely N-dealkylation sites (N-methyl/N-ethyl adjacent to an activating group) is 1. The molecule has 8 nitrogen and oxygen atoms in total. The number of ether oxygens (including phenoxy) is 1. The van der Waals surface area contributed by atoms with Crippen molar-refractivity contribution in [2.75, 3.05) is 65.4 Å². The van der Waals surface area contributed by atoms with Gasteiger partial charge >= 0.3 is 0 Å². The van der Waals surface area contributed by atoms with Crippen molar-refractivity contribution in [3.8, 4) is 0 Å². The van der Waals surface area contributed by atoms with Crippen LogP contribution in [-0.2, 0) is 27.3 Å². The van der Waals surface area contributed by atoms with Gasteiger partial charge in [0.2, 0.25) is 11.8 Å². The van der Waals surface area contributed by atoms with Crippen molar-refractivity contribution in [2.45, 2.75) is 26.3 Å². The fourth-order valence-corrected chi connectivity index (χ4v) is 6.19. The third-order valence-electron chi connectivity index (χ3n) is 6.50. The minimum absolute atomic E-state index is 0.0647. The van der Waals surface area contributed by atoms with Crippen LogP contribution in [0.4, 0.5) is 5.00 Å². The summed E-state index contributed by atoms with van der Waals surface area (Å²) in [6, 6.07) is 0. The molecule has 1 saturated heterocycles. The zero-order valence-corrected chi connectivity index (χ0v) is 19.0. The van der Waals surface area contributed by atoms with Crippen LogP contribution < -0.4 is 4.90 Å². The number of hydrogen-bond donors (Lipinski definition) is 0. The molecule has 1 atom stereocenters. The number of carbonyl (C=O) groups excluding carboxylic acids is 3. The zero-order valence-electron chi connectivity index (χ0n) is 18.2. The zero-order chi connectivity index (χ0) is 21.6. The minimum Gasteiger partial charge on any atom is -0.383 e. The predicted octanol–water partition coefficient (Wildman–Crippen LogP) is 1.04. The first-order valence-electron chi connectivity index (χ1n) is 10.4. The van der Waals surface area contributed by atoms with Crippen LogP contribution in [0.1, 0.15) is 34.1 Å². The fraction of sp³-hybridized carbons (Fsp3) is 0.667. The van der Waals surface area contributed by atoms with Crippen molar-refractivity contribution in [3.63, 3.8) is 0 Å². The summed E-state index contributed by atoms with van der Waals surface area (Å²) in [4.78, 5) is 47.5. The summed E-state index contributed by atoms with van der Waals surface area (Å²) in [5, 5.41) is 0.706. The normalized spacial score (nSPS) is 24.9. The standard InChI is InChI=1S/C21H30N4O4S/c1-21(6-8-22(2)13-21)20(28)24-7-5-14-15(11-24)30-19-17(14)18(27)23(3)12-16(26)25(19)9-10-29-4/h5-13H2,1-4H3. The van der Waals surface area contributed by atoms with Crippen LogP contribution in [0.3, 0.4) is 0 Å². The summed E-state index contributed by atoms with van der Waals surface area (Å²) < 4.78 is 5.19. The number of anilines is 1. The van der Waals surface area contributed by atoms with Gasteiger partial charge in [0.1, 0.15) is 11.5 Å². The Bertz CT molecular complexity index is 885. The summed E-state index contributed by atoms with van der Waals surface area (Å²) in [5.41, 5.74) is 1.29. The average molecular weight is 435 g/mol. The molecule has 3 aliphatic heterocycles. The molecule has 3 amide bonds. The molecule has 3 aliphatic rings. The average Bonchev–Trinajstić information content (AvgIpc) is 3.24. The molecule has 4 rings (SSSR count). The first-order valence-corrected chi connectivity index (χ1v) is 11.2.